The van der Waals surface area contributed by atoms with Crippen LogP contribution in [-0.4, -0.2) is 36.2 Å². The Morgan fingerprint density at radius 2 is 2.05 bits per heavy atom. The predicted octanol–water partition coefficient (Wildman–Crippen LogP) is 3.50. The van der Waals surface area contributed by atoms with E-state index in [0.29, 0.717) is 6.10 Å². The topological polar surface area (TPSA) is 25.4 Å². The van der Waals surface area contributed by atoms with Gasteiger partial charge in [0, 0.05) is 38.5 Å². The summed E-state index contributed by atoms with van der Waals surface area (Å²) in [6.07, 6.45) is 4.18. The molecular weight excluding hydrogens is 279 g/mol. The van der Waals surface area contributed by atoms with Crippen molar-refractivity contribution >= 4 is 0 Å². The number of methoxy groups -OCH3 is 1. The molecule has 0 radical (unpaired) electrons. The monoisotopic (exact) mass is 300 g/mol. The fourth-order valence-corrected chi connectivity index (χ4v) is 2.98. The molecule has 3 rings (SSSR count). The van der Waals surface area contributed by atoms with Crippen molar-refractivity contribution in [2.45, 2.75) is 25.5 Å². The lowest BCUT2D eigenvalue weighted by Crippen LogP contribution is -2.36. The summed E-state index contributed by atoms with van der Waals surface area (Å²) in [4.78, 5) is 6.66. The van der Waals surface area contributed by atoms with Gasteiger partial charge in [-0.2, -0.15) is 0 Å². The molecule has 0 N–H and O–H groups in total. The van der Waals surface area contributed by atoms with Gasteiger partial charge in [0.05, 0.1) is 11.8 Å². The fraction of sp³-hybridized carbons (Fsp3) is 0.389. The minimum absolute atomic E-state index is 0.204. The first-order valence-corrected chi connectivity index (χ1v) is 7.70. The molecule has 1 aliphatic heterocycles. The van der Waals surface area contributed by atoms with Crippen LogP contribution >= 0.6 is 0 Å². The van der Waals surface area contributed by atoms with Crippen LogP contribution in [0.4, 0.5) is 4.39 Å². The van der Waals surface area contributed by atoms with Crippen molar-refractivity contribution in [3.8, 4) is 11.3 Å². The standard InChI is InChI=1S/C18H21FN2O/c1-22-17-5-8-21(9-6-17)13-14-10-15(12-16(19)11-14)18-4-2-3-7-20-18/h2-4,7,10-12,17H,5-6,8-9,13H2,1H3. The summed E-state index contributed by atoms with van der Waals surface area (Å²) in [7, 11) is 1.77. The molecule has 22 heavy (non-hydrogen) atoms. The number of hydrogen-bond donors (Lipinski definition) is 0. The van der Waals surface area contributed by atoms with Crippen LogP contribution in [0.25, 0.3) is 11.3 Å². The summed E-state index contributed by atoms with van der Waals surface area (Å²) in [6.45, 7) is 2.76. The number of likely N-dealkylation sites (tertiary alicyclic amines) is 1. The molecule has 3 nitrogen and oxygen atoms in total. The number of ether oxygens (including phenoxy) is 1. The third-order valence-corrected chi connectivity index (χ3v) is 4.19. The van der Waals surface area contributed by atoms with Crippen LogP contribution < -0.4 is 0 Å². The molecule has 116 valence electrons. The molecular formula is C18H21FN2O. The fourth-order valence-electron chi connectivity index (χ4n) is 2.98. The van der Waals surface area contributed by atoms with E-state index in [2.05, 4.69) is 9.88 Å². The van der Waals surface area contributed by atoms with Gasteiger partial charge in [-0.25, -0.2) is 4.39 Å². The first kappa shape index (κ1) is 15.1. The molecule has 4 heteroatoms. The van der Waals surface area contributed by atoms with Gasteiger partial charge >= 0.3 is 0 Å². The summed E-state index contributed by atoms with van der Waals surface area (Å²) in [5.41, 5.74) is 2.64. The third-order valence-electron chi connectivity index (χ3n) is 4.19. The van der Waals surface area contributed by atoms with Crippen LogP contribution in [0.2, 0.25) is 0 Å². The zero-order chi connectivity index (χ0) is 15.4. The van der Waals surface area contributed by atoms with Gasteiger partial charge in [0.2, 0.25) is 0 Å². The molecule has 0 saturated carbocycles. The predicted molar refractivity (Wildman–Crippen MR) is 84.9 cm³/mol. The van der Waals surface area contributed by atoms with Crippen molar-refractivity contribution in [2.24, 2.45) is 0 Å². The van der Waals surface area contributed by atoms with E-state index < -0.39 is 0 Å². The molecule has 1 aromatic heterocycles. The van der Waals surface area contributed by atoms with Crippen LogP contribution in [0.3, 0.4) is 0 Å². The number of aromatic nitrogens is 1. The van der Waals surface area contributed by atoms with Gasteiger partial charge in [-0.3, -0.25) is 9.88 Å². The largest absolute Gasteiger partial charge is 0.381 e. The third kappa shape index (κ3) is 3.70. The molecule has 1 saturated heterocycles. The number of piperidine rings is 1. The average molecular weight is 300 g/mol. The summed E-state index contributed by atoms with van der Waals surface area (Å²) in [5, 5.41) is 0. The van der Waals surface area contributed by atoms with Crippen LogP contribution in [0.15, 0.2) is 42.6 Å². The number of hydrogen-bond acceptors (Lipinski definition) is 3. The van der Waals surface area contributed by atoms with Crippen molar-refractivity contribution in [1.82, 2.24) is 9.88 Å². The Kier molecular flexibility index (Phi) is 4.80. The van der Waals surface area contributed by atoms with Gasteiger partial charge < -0.3 is 4.74 Å². The molecule has 0 amide bonds. The number of halogens is 1. The Morgan fingerprint density at radius 1 is 1.23 bits per heavy atom. The average Bonchev–Trinajstić information content (AvgIpc) is 2.56. The van der Waals surface area contributed by atoms with E-state index in [4.69, 9.17) is 4.74 Å². The normalized spacial score (nSPS) is 16.8. The molecule has 1 aliphatic rings. The lowest BCUT2D eigenvalue weighted by atomic mass is 10.0. The molecule has 0 spiro atoms. The zero-order valence-corrected chi connectivity index (χ0v) is 12.8. The molecule has 2 aromatic rings. The highest BCUT2D eigenvalue weighted by atomic mass is 19.1. The van der Waals surface area contributed by atoms with Gasteiger partial charge in [-0.05, 0) is 48.7 Å². The number of pyridine rings is 1. The number of rotatable bonds is 4. The highest BCUT2D eigenvalue weighted by Crippen LogP contribution is 2.22. The van der Waals surface area contributed by atoms with E-state index in [0.717, 1.165) is 49.3 Å². The summed E-state index contributed by atoms with van der Waals surface area (Å²) >= 11 is 0. The Morgan fingerprint density at radius 3 is 2.73 bits per heavy atom. The highest BCUT2D eigenvalue weighted by molar-refractivity contribution is 5.59. The Bertz CT molecular complexity index is 610. The minimum Gasteiger partial charge on any atom is -0.381 e. The van der Waals surface area contributed by atoms with Crippen molar-refractivity contribution in [3.63, 3.8) is 0 Å². The minimum atomic E-state index is -0.204. The number of benzene rings is 1. The smallest absolute Gasteiger partial charge is 0.124 e. The van der Waals surface area contributed by atoms with E-state index in [1.165, 1.54) is 0 Å². The Labute approximate surface area is 130 Å². The summed E-state index contributed by atoms with van der Waals surface area (Å²) in [5.74, 6) is -0.204. The summed E-state index contributed by atoms with van der Waals surface area (Å²) in [6, 6.07) is 10.9. The molecule has 2 heterocycles. The Hall–Kier alpha value is -1.78. The maximum absolute atomic E-state index is 13.9. The van der Waals surface area contributed by atoms with Gasteiger partial charge in [0.15, 0.2) is 0 Å². The maximum atomic E-state index is 13.9. The van der Waals surface area contributed by atoms with E-state index in [1.807, 2.05) is 24.3 Å². The van der Waals surface area contributed by atoms with Crippen LogP contribution in [0.1, 0.15) is 18.4 Å². The molecule has 1 fully saturated rings. The van der Waals surface area contributed by atoms with Crippen molar-refractivity contribution in [2.75, 3.05) is 20.2 Å². The quantitative estimate of drug-likeness (QED) is 0.864. The molecule has 0 atom stereocenters. The second kappa shape index (κ2) is 6.99. The first-order valence-electron chi connectivity index (χ1n) is 7.70. The van der Waals surface area contributed by atoms with Crippen molar-refractivity contribution in [3.05, 3.63) is 54.0 Å². The molecule has 0 unspecified atom stereocenters. The molecule has 0 aliphatic carbocycles. The number of nitrogens with zero attached hydrogens (tertiary/aromatic N) is 2. The highest BCUT2D eigenvalue weighted by Gasteiger charge is 2.19. The first-order chi connectivity index (χ1) is 10.7. The second-order valence-corrected chi connectivity index (χ2v) is 5.77. The molecule has 1 aromatic carbocycles. The maximum Gasteiger partial charge on any atom is 0.124 e. The van der Waals surface area contributed by atoms with Gasteiger partial charge in [-0.15, -0.1) is 0 Å². The van der Waals surface area contributed by atoms with Crippen LogP contribution in [0, 0.1) is 5.82 Å². The van der Waals surface area contributed by atoms with Gasteiger partial charge in [0.1, 0.15) is 5.82 Å². The SMILES string of the molecule is COC1CCN(Cc2cc(F)cc(-c3ccccn3)c2)CC1. The van der Waals surface area contributed by atoms with Gasteiger partial charge in [0.25, 0.3) is 0 Å². The Balaban J connectivity index is 1.73. The van der Waals surface area contributed by atoms with E-state index in [-0.39, 0.29) is 5.82 Å². The van der Waals surface area contributed by atoms with Crippen LogP contribution in [0.5, 0.6) is 0 Å². The molecule has 0 bridgehead atoms. The zero-order valence-electron chi connectivity index (χ0n) is 12.8. The van der Waals surface area contributed by atoms with Crippen LogP contribution in [-0.2, 0) is 11.3 Å². The lowest BCUT2D eigenvalue weighted by Gasteiger charge is -2.31. The van der Waals surface area contributed by atoms with E-state index in [1.54, 1.807) is 25.4 Å². The van der Waals surface area contributed by atoms with Crippen molar-refractivity contribution < 1.29 is 9.13 Å². The van der Waals surface area contributed by atoms with E-state index in [9.17, 15) is 4.39 Å². The lowest BCUT2D eigenvalue weighted by molar-refractivity contribution is 0.0388. The second-order valence-electron chi connectivity index (χ2n) is 5.77. The van der Waals surface area contributed by atoms with E-state index >= 15 is 0 Å². The summed E-state index contributed by atoms with van der Waals surface area (Å²) < 4.78 is 19.3. The van der Waals surface area contributed by atoms with Gasteiger partial charge in [-0.1, -0.05) is 6.07 Å². The van der Waals surface area contributed by atoms with Crippen molar-refractivity contribution in [1.29, 1.82) is 0 Å².